The largest absolute Gasteiger partial charge is 0.494 e. The molecule has 0 bridgehead atoms. The molecule has 0 aromatic heterocycles. The lowest BCUT2D eigenvalue weighted by atomic mass is 9.87. The third-order valence-corrected chi connectivity index (χ3v) is 7.72. The van der Waals surface area contributed by atoms with E-state index in [0.717, 1.165) is 43.7 Å². The molecule has 1 aliphatic rings. The average molecular weight is 576 g/mol. The van der Waals surface area contributed by atoms with Gasteiger partial charge in [-0.25, -0.2) is 0 Å². The van der Waals surface area contributed by atoms with Crippen molar-refractivity contribution >= 4 is 0 Å². The van der Waals surface area contributed by atoms with Gasteiger partial charge < -0.3 is 24.1 Å². The van der Waals surface area contributed by atoms with Gasteiger partial charge in [0.1, 0.15) is 5.75 Å². The molecule has 42 heavy (non-hydrogen) atoms. The van der Waals surface area contributed by atoms with Gasteiger partial charge in [0.25, 0.3) is 0 Å². The molecule has 2 unspecified atom stereocenters. The van der Waals surface area contributed by atoms with Crippen LogP contribution in [0.5, 0.6) is 5.75 Å². The van der Waals surface area contributed by atoms with Crippen LogP contribution in [0.1, 0.15) is 68.2 Å². The fraction of sp³-hybridized carbons (Fsp3) is 0.500. The van der Waals surface area contributed by atoms with Crippen molar-refractivity contribution in [3.05, 3.63) is 101 Å². The molecule has 1 heterocycles. The molecule has 1 aliphatic heterocycles. The van der Waals surface area contributed by atoms with E-state index >= 15 is 0 Å². The van der Waals surface area contributed by atoms with E-state index < -0.39 is 0 Å². The zero-order chi connectivity index (χ0) is 29.6. The molecule has 0 spiro atoms. The first kappa shape index (κ1) is 32.2. The fourth-order valence-electron chi connectivity index (χ4n) is 5.09. The van der Waals surface area contributed by atoms with E-state index in [1.165, 1.54) is 16.7 Å². The first-order chi connectivity index (χ1) is 20.4. The Morgan fingerprint density at radius 1 is 0.762 bits per heavy atom. The van der Waals surface area contributed by atoms with Gasteiger partial charge in [-0.1, -0.05) is 87.5 Å². The zero-order valence-corrected chi connectivity index (χ0v) is 25.7. The minimum absolute atomic E-state index is 0.000148. The van der Waals surface area contributed by atoms with Crippen molar-refractivity contribution in [1.29, 1.82) is 0 Å². The lowest BCUT2D eigenvalue weighted by Crippen LogP contribution is -2.44. The minimum atomic E-state index is -0.000148. The molecule has 0 aliphatic carbocycles. The Hall–Kier alpha value is -2.74. The van der Waals surface area contributed by atoms with Gasteiger partial charge in [-0.3, -0.25) is 4.90 Å². The Bertz CT molecular complexity index is 1140. The van der Waals surface area contributed by atoms with Gasteiger partial charge in [-0.15, -0.1) is 0 Å². The average Bonchev–Trinajstić information content (AvgIpc) is 3.01. The number of hydrogen-bond acceptors (Lipinski definition) is 6. The minimum Gasteiger partial charge on any atom is -0.494 e. The highest BCUT2D eigenvalue weighted by atomic mass is 16.5. The van der Waals surface area contributed by atoms with Crippen LogP contribution in [0.2, 0.25) is 0 Å². The monoisotopic (exact) mass is 575 g/mol. The van der Waals surface area contributed by atoms with Gasteiger partial charge in [-0.2, -0.15) is 0 Å². The molecule has 3 aromatic rings. The van der Waals surface area contributed by atoms with Crippen LogP contribution in [-0.2, 0) is 34.0 Å². The Morgan fingerprint density at radius 3 is 2.07 bits per heavy atom. The predicted molar refractivity (Wildman–Crippen MR) is 167 cm³/mol. The summed E-state index contributed by atoms with van der Waals surface area (Å²) in [6, 6.07) is 27.2. The second kappa shape index (κ2) is 16.8. The van der Waals surface area contributed by atoms with Crippen LogP contribution in [0.25, 0.3) is 0 Å². The highest BCUT2D eigenvalue weighted by Crippen LogP contribution is 2.32. The van der Waals surface area contributed by atoms with Crippen molar-refractivity contribution in [2.75, 3.05) is 39.6 Å². The summed E-state index contributed by atoms with van der Waals surface area (Å²) in [5.74, 6) is 1.14. The number of rotatable bonds is 16. The third-order valence-electron chi connectivity index (χ3n) is 7.72. The SMILES string of the molecule is CC(C)(C)CCOCc1ccc(COC2CN(CO)CCC2c2ccc(OCCCOCc3ccccc3)cc2)cc1. The Labute approximate surface area is 252 Å². The van der Waals surface area contributed by atoms with Gasteiger partial charge in [0, 0.05) is 32.0 Å². The van der Waals surface area contributed by atoms with Gasteiger partial charge in [0.05, 0.1) is 45.9 Å². The van der Waals surface area contributed by atoms with Crippen LogP contribution >= 0.6 is 0 Å². The van der Waals surface area contributed by atoms with E-state index in [1.807, 2.05) is 18.2 Å². The number of ether oxygens (including phenoxy) is 4. The number of aliphatic hydroxyl groups is 1. The quantitative estimate of drug-likeness (QED) is 0.187. The van der Waals surface area contributed by atoms with Crippen molar-refractivity contribution in [2.24, 2.45) is 5.41 Å². The fourth-order valence-corrected chi connectivity index (χ4v) is 5.09. The van der Waals surface area contributed by atoms with Crippen molar-refractivity contribution in [1.82, 2.24) is 4.90 Å². The van der Waals surface area contributed by atoms with E-state index in [2.05, 4.69) is 86.3 Å². The molecular weight excluding hydrogens is 526 g/mol. The van der Waals surface area contributed by atoms with E-state index in [-0.39, 0.29) is 24.2 Å². The van der Waals surface area contributed by atoms with Gasteiger partial charge in [0.2, 0.25) is 0 Å². The molecular formula is C36H49NO5. The van der Waals surface area contributed by atoms with E-state index in [1.54, 1.807) is 0 Å². The zero-order valence-electron chi connectivity index (χ0n) is 25.7. The van der Waals surface area contributed by atoms with Crippen LogP contribution in [0, 0.1) is 5.41 Å². The number of aliphatic hydroxyl groups excluding tert-OH is 1. The highest BCUT2D eigenvalue weighted by molar-refractivity contribution is 5.31. The molecule has 0 saturated carbocycles. The van der Waals surface area contributed by atoms with E-state index in [9.17, 15) is 5.11 Å². The van der Waals surface area contributed by atoms with E-state index in [4.69, 9.17) is 18.9 Å². The normalized spacial score (nSPS) is 17.8. The molecule has 1 fully saturated rings. The number of piperidine rings is 1. The molecule has 1 N–H and O–H groups in total. The maximum Gasteiger partial charge on any atom is 0.119 e. The number of nitrogens with zero attached hydrogens (tertiary/aromatic N) is 1. The van der Waals surface area contributed by atoms with Crippen LogP contribution in [0.15, 0.2) is 78.9 Å². The summed E-state index contributed by atoms with van der Waals surface area (Å²) < 4.78 is 24.1. The number of hydrogen-bond donors (Lipinski definition) is 1. The lowest BCUT2D eigenvalue weighted by molar-refractivity contribution is -0.0442. The first-order valence-corrected chi connectivity index (χ1v) is 15.3. The van der Waals surface area contributed by atoms with Crippen LogP contribution in [-0.4, -0.2) is 55.8 Å². The Balaban J connectivity index is 1.22. The maximum absolute atomic E-state index is 9.78. The first-order valence-electron chi connectivity index (χ1n) is 15.3. The molecule has 6 heteroatoms. The summed E-state index contributed by atoms with van der Waals surface area (Å²) in [6.45, 7) is 12.2. The molecule has 6 nitrogen and oxygen atoms in total. The van der Waals surface area contributed by atoms with Crippen molar-refractivity contribution in [3.8, 4) is 5.75 Å². The predicted octanol–water partition coefficient (Wildman–Crippen LogP) is 6.95. The molecule has 2 atom stereocenters. The summed E-state index contributed by atoms with van der Waals surface area (Å²) in [6.07, 6.45) is 2.83. The Morgan fingerprint density at radius 2 is 1.40 bits per heavy atom. The second-order valence-electron chi connectivity index (χ2n) is 12.5. The van der Waals surface area contributed by atoms with Gasteiger partial charge >= 0.3 is 0 Å². The van der Waals surface area contributed by atoms with Crippen LogP contribution in [0.3, 0.4) is 0 Å². The third kappa shape index (κ3) is 11.2. The summed E-state index contributed by atoms with van der Waals surface area (Å²) in [4.78, 5) is 2.05. The van der Waals surface area contributed by atoms with Crippen LogP contribution in [0.4, 0.5) is 0 Å². The highest BCUT2D eigenvalue weighted by Gasteiger charge is 2.31. The van der Waals surface area contributed by atoms with Crippen molar-refractivity contribution in [3.63, 3.8) is 0 Å². The lowest BCUT2D eigenvalue weighted by Gasteiger charge is -2.37. The summed E-state index contributed by atoms with van der Waals surface area (Å²) in [5, 5.41) is 9.78. The van der Waals surface area contributed by atoms with E-state index in [0.29, 0.717) is 39.6 Å². The van der Waals surface area contributed by atoms with Crippen LogP contribution < -0.4 is 4.74 Å². The van der Waals surface area contributed by atoms with Gasteiger partial charge in [-0.05, 0) is 52.6 Å². The maximum atomic E-state index is 9.78. The van der Waals surface area contributed by atoms with Crippen molar-refractivity contribution in [2.45, 2.75) is 71.9 Å². The summed E-state index contributed by atoms with van der Waals surface area (Å²) >= 11 is 0. The molecule has 3 aromatic carbocycles. The number of likely N-dealkylation sites (tertiary alicyclic amines) is 1. The van der Waals surface area contributed by atoms with Crippen molar-refractivity contribution < 1.29 is 24.1 Å². The molecule has 0 amide bonds. The molecule has 1 saturated heterocycles. The topological polar surface area (TPSA) is 60.4 Å². The molecule has 0 radical (unpaired) electrons. The smallest absolute Gasteiger partial charge is 0.119 e. The molecule has 228 valence electrons. The standard InChI is InChI=1S/C36H49NO5/c1-36(2,3)19-23-40-26-30-10-12-31(13-11-30)27-42-35-24-37(28-38)20-18-34(35)32-14-16-33(17-15-32)41-22-7-21-39-25-29-8-5-4-6-9-29/h4-6,8-17,34-35,38H,7,18-28H2,1-3H3. The molecule has 4 rings (SSSR count). The van der Waals surface area contributed by atoms with Gasteiger partial charge in [0.15, 0.2) is 0 Å². The summed E-state index contributed by atoms with van der Waals surface area (Å²) in [7, 11) is 0. The summed E-state index contributed by atoms with van der Waals surface area (Å²) in [5.41, 5.74) is 5.05. The Kier molecular flexibility index (Phi) is 12.9. The second-order valence-corrected chi connectivity index (χ2v) is 12.5. The number of benzene rings is 3.